The summed E-state index contributed by atoms with van der Waals surface area (Å²) in [4.78, 5) is 25.1. The number of hydrogen-bond acceptors (Lipinski definition) is 5. The van der Waals surface area contributed by atoms with Gasteiger partial charge in [-0.3, -0.25) is 19.0 Å². The lowest BCUT2D eigenvalue weighted by atomic mass is 10.2. The Morgan fingerprint density at radius 3 is 2.81 bits per heavy atom. The maximum atomic E-state index is 12.6. The first-order chi connectivity index (χ1) is 12.9. The molecule has 2 N–H and O–H groups in total. The highest BCUT2D eigenvalue weighted by Crippen LogP contribution is 2.19. The molecule has 3 aromatic heterocycles. The summed E-state index contributed by atoms with van der Waals surface area (Å²) in [5.41, 5.74) is 1.17. The van der Waals surface area contributed by atoms with Crippen molar-refractivity contribution in [2.24, 2.45) is 7.05 Å². The second-order valence-corrected chi connectivity index (χ2v) is 6.41. The summed E-state index contributed by atoms with van der Waals surface area (Å²) in [6, 6.07) is 2.88. The maximum absolute atomic E-state index is 12.6. The van der Waals surface area contributed by atoms with Crippen molar-refractivity contribution in [2.75, 3.05) is 5.32 Å². The predicted octanol–water partition coefficient (Wildman–Crippen LogP) is 2.30. The smallest absolute Gasteiger partial charge is 0.272 e. The second-order valence-electron chi connectivity index (χ2n) is 6.00. The Bertz CT molecular complexity index is 940. The summed E-state index contributed by atoms with van der Waals surface area (Å²) < 4.78 is 8.06. The quantitative estimate of drug-likeness (QED) is 0.671. The van der Waals surface area contributed by atoms with Gasteiger partial charge in [0.05, 0.1) is 35.4 Å². The number of aryl methyl sites for hydroxylation is 2. The fraction of sp³-hybridized carbons (Fsp3) is 0.294. The van der Waals surface area contributed by atoms with E-state index < -0.39 is 6.04 Å². The molecular weight excluding hydrogens is 372 g/mol. The van der Waals surface area contributed by atoms with E-state index in [0.717, 1.165) is 0 Å². The van der Waals surface area contributed by atoms with Crippen LogP contribution >= 0.6 is 11.6 Å². The number of nitrogens with one attached hydrogen (secondary N) is 2. The molecule has 1 unspecified atom stereocenters. The number of anilines is 1. The molecule has 142 valence electrons. The third-order valence-corrected chi connectivity index (χ3v) is 4.42. The highest BCUT2D eigenvalue weighted by atomic mass is 35.5. The Hall–Kier alpha value is -3.07. The van der Waals surface area contributed by atoms with E-state index in [-0.39, 0.29) is 24.1 Å². The number of carbonyl (C=O) groups is 2. The van der Waals surface area contributed by atoms with Crippen molar-refractivity contribution in [2.45, 2.75) is 26.4 Å². The van der Waals surface area contributed by atoms with Crippen molar-refractivity contribution in [1.82, 2.24) is 24.9 Å². The monoisotopic (exact) mass is 390 g/mol. The van der Waals surface area contributed by atoms with E-state index >= 15 is 0 Å². The zero-order valence-corrected chi connectivity index (χ0v) is 15.8. The van der Waals surface area contributed by atoms with Gasteiger partial charge in [0.25, 0.3) is 5.91 Å². The van der Waals surface area contributed by atoms with Crippen LogP contribution in [0.2, 0.25) is 5.02 Å². The molecule has 0 fully saturated rings. The maximum Gasteiger partial charge on any atom is 0.272 e. The van der Waals surface area contributed by atoms with Crippen LogP contribution < -0.4 is 10.6 Å². The summed E-state index contributed by atoms with van der Waals surface area (Å²) in [7, 11) is 1.62. The molecule has 0 aliphatic heterocycles. The average molecular weight is 391 g/mol. The van der Waals surface area contributed by atoms with Crippen LogP contribution in [0.5, 0.6) is 0 Å². The number of nitrogens with zero attached hydrogens (tertiary/aromatic N) is 4. The van der Waals surface area contributed by atoms with Gasteiger partial charge in [-0.05, 0) is 26.0 Å². The molecule has 0 saturated carbocycles. The molecule has 27 heavy (non-hydrogen) atoms. The lowest BCUT2D eigenvalue weighted by Crippen LogP contribution is -2.28. The van der Waals surface area contributed by atoms with E-state index in [9.17, 15) is 9.59 Å². The third-order valence-electron chi connectivity index (χ3n) is 4.05. The molecule has 10 heteroatoms. The minimum Gasteiger partial charge on any atom is -0.467 e. The van der Waals surface area contributed by atoms with Crippen LogP contribution in [0, 0.1) is 6.92 Å². The normalized spacial score (nSPS) is 12.0. The molecule has 0 radical (unpaired) electrons. The molecule has 0 saturated heterocycles. The number of furan rings is 1. The van der Waals surface area contributed by atoms with Gasteiger partial charge in [-0.15, -0.1) is 0 Å². The molecule has 3 aromatic rings. The van der Waals surface area contributed by atoms with E-state index in [4.69, 9.17) is 16.0 Å². The van der Waals surface area contributed by atoms with Crippen LogP contribution in [0.15, 0.2) is 35.2 Å². The fourth-order valence-electron chi connectivity index (χ4n) is 2.48. The number of hydrogen-bond donors (Lipinski definition) is 2. The Morgan fingerprint density at radius 1 is 1.41 bits per heavy atom. The third kappa shape index (κ3) is 4.03. The lowest BCUT2D eigenvalue weighted by molar-refractivity contribution is -0.119. The van der Waals surface area contributed by atoms with Gasteiger partial charge in [-0.2, -0.15) is 10.2 Å². The van der Waals surface area contributed by atoms with Crippen molar-refractivity contribution in [1.29, 1.82) is 0 Å². The number of carbonyl (C=O) groups excluding carboxylic acids is 2. The SMILES string of the molecule is Cc1nn(C(C)C(=O)Nc2cnn(C)c2C(=O)NCc2ccco2)cc1Cl. The van der Waals surface area contributed by atoms with Gasteiger partial charge in [0.1, 0.15) is 17.5 Å². The van der Waals surface area contributed by atoms with Crippen LogP contribution in [0.25, 0.3) is 0 Å². The van der Waals surface area contributed by atoms with Crippen LogP contribution in [-0.4, -0.2) is 31.4 Å². The molecule has 0 spiro atoms. The highest BCUT2D eigenvalue weighted by molar-refractivity contribution is 6.31. The zero-order chi connectivity index (χ0) is 19.6. The highest BCUT2D eigenvalue weighted by Gasteiger charge is 2.22. The van der Waals surface area contributed by atoms with Crippen LogP contribution in [0.4, 0.5) is 5.69 Å². The van der Waals surface area contributed by atoms with E-state index in [1.165, 1.54) is 21.8 Å². The van der Waals surface area contributed by atoms with Crippen LogP contribution in [-0.2, 0) is 18.4 Å². The van der Waals surface area contributed by atoms with E-state index in [2.05, 4.69) is 20.8 Å². The van der Waals surface area contributed by atoms with E-state index in [1.54, 1.807) is 39.2 Å². The van der Waals surface area contributed by atoms with E-state index in [1.807, 2.05) is 0 Å². The Morgan fingerprint density at radius 2 is 2.19 bits per heavy atom. The Labute approximate surface area is 160 Å². The summed E-state index contributed by atoms with van der Waals surface area (Å²) in [5.74, 6) is -0.106. The first-order valence-corrected chi connectivity index (χ1v) is 8.59. The van der Waals surface area contributed by atoms with Gasteiger partial charge in [0, 0.05) is 13.2 Å². The minimum atomic E-state index is -0.615. The molecule has 0 aliphatic carbocycles. The molecule has 1 atom stereocenters. The van der Waals surface area contributed by atoms with Gasteiger partial charge in [0.15, 0.2) is 0 Å². The standard InChI is InChI=1S/C17H19ClN6O3/c1-10-13(18)9-24(22-10)11(2)16(25)21-14-8-20-23(3)15(14)17(26)19-7-12-5-4-6-27-12/h4-6,8-9,11H,7H2,1-3H3,(H,19,26)(H,21,25). The number of amides is 2. The number of rotatable bonds is 6. The van der Waals surface area contributed by atoms with Crippen molar-refractivity contribution in [3.05, 3.63) is 53.0 Å². The summed E-state index contributed by atoms with van der Waals surface area (Å²) in [5, 5.41) is 14.2. The number of aromatic nitrogens is 4. The molecule has 3 rings (SSSR count). The zero-order valence-electron chi connectivity index (χ0n) is 15.1. The van der Waals surface area contributed by atoms with Gasteiger partial charge in [0.2, 0.25) is 5.91 Å². The lowest BCUT2D eigenvalue weighted by Gasteiger charge is -2.13. The first-order valence-electron chi connectivity index (χ1n) is 8.21. The molecular formula is C17H19ClN6O3. The summed E-state index contributed by atoms with van der Waals surface area (Å²) >= 11 is 6.00. The van der Waals surface area contributed by atoms with Crippen molar-refractivity contribution in [3.8, 4) is 0 Å². The fourth-order valence-corrected chi connectivity index (χ4v) is 2.62. The molecule has 9 nitrogen and oxygen atoms in total. The average Bonchev–Trinajstić information content (AvgIpc) is 3.35. The van der Waals surface area contributed by atoms with Gasteiger partial charge in [-0.1, -0.05) is 11.6 Å². The topological polar surface area (TPSA) is 107 Å². The molecule has 3 heterocycles. The molecule has 0 bridgehead atoms. The Balaban J connectivity index is 1.71. The second kappa shape index (κ2) is 7.67. The van der Waals surface area contributed by atoms with Gasteiger partial charge in [-0.25, -0.2) is 0 Å². The van der Waals surface area contributed by atoms with Crippen LogP contribution in [0.1, 0.15) is 34.9 Å². The van der Waals surface area contributed by atoms with Crippen molar-refractivity contribution >= 4 is 29.1 Å². The molecule has 0 aromatic carbocycles. The van der Waals surface area contributed by atoms with Crippen molar-refractivity contribution < 1.29 is 14.0 Å². The molecule has 0 aliphatic rings. The first kappa shape index (κ1) is 18.7. The summed E-state index contributed by atoms with van der Waals surface area (Å²) in [6.45, 7) is 3.67. The van der Waals surface area contributed by atoms with Crippen molar-refractivity contribution in [3.63, 3.8) is 0 Å². The number of halogens is 1. The summed E-state index contributed by atoms with van der Waals surface area (Å²) in [6.07, 6.45) is 4.54. The Kier molecular flexibility index (Phi) is 5.31. The minimum absolute atomic E-state index is 0.228. The predicted molar refractivity (Wildman–Crippen MR) is 98.4 cm³/mol. The van der Waals surface area contributed by atoms with Crippen LogP contribution in [0.3, 0.4) is 0 Å². The largest absolute Gasteiger partial charge is 0.467 e. The van der Waals surface area contributed by atoms with Gasteiger partial charge >= 0.3 is 0 Å². The van der Waals surface area contributed by atoms with E-state index in [0.29, 0.717) is 22.2 Å². The molecule has 2 amide bonds. The van der Waals surface area contributed by atoms with Gasteiger partial charge < -0.3 is 15.1 Å².